The van der Waals surface area contributed by atoms with Gasteiger partial charge in [-0.05, 0) is 62.8 Å². The molecule has 4 fully saturated rings. The second kappa shape index (κ2) is 20.3. The zero-order valence-corrected chi connectivity index (χ0v) is 39.2. The van der Waals surface area contributed by atoms with Crippen molar-refractivity contribution in [3.63, 3.8) is 0 Å². The summed E-state index contributed by atoms with van der Waals surface area (Å²) in [6.07, 6.45) is 9.95. The molecule has 0 amide bonds. The molecule has 14 nitrogen and oxygen atoms in total. The molecule has 0 aromatic rings. The minimum atomic E-state index is -1.71. The fourth-order valence-corrected chi connectivity index (χ4v) is 10.9. The van der Waals surface area contributed by atoms with E-state index in [0.29, 0.717) is 37.7 Å². The smallest absolute Gasteiger partial charge is 0.316 e. The maximum atomic E-state index is 14.5. The van der Waals surface area contributed by atoms with Gasteiger partial charge in [-0.25, -0.2) is 0 Å². The van der Waals surface area contributed by atoms with Gasteiger partial charge in [0.1, 0.15) is 42.0 Å². The number of allylic oxidation sites excluding steroid dienone is 2. The molecule has 20 atom stereocenters. The van der Waals surface area contributed by atoms with E-state index in [1.165, 1.54) is 0 Å². The van der Waals surface area contributed by atoms with E-state index in [1.54, 1.807) is 34.3 Å². The molecular formula is C49H74O14. The molecule has 7 rings (SSSR count). The van der Waals surface area contributed by atoms with Gasteiger partial charge in [0, 0.05) is 58.8 Å². The van der Waals surface area contributed by atoms with E-state index in [2.05, 4.69) is 46.8 Å². The van der Waals surface area contributed by atoms with Crippen LogP contribution >= 0.6 is 0 Å². The Morgan fingerprint density at radius 2 is 1.57 bits per heavy atom. The fourth-order valence-electron chi connectivity index (χ4n) is 10.9. The van der Waals surface area contributed by atoms with Crippen LogP contribution in [0.25, 0.3) is 0 Å². The SMILES string of the molecule is CCC(C)[C@H]1O[C@]2(C=C[C@@H]1C)C[C@H]1C[C@@H](C/C=C(/C)[C@@H](O[C@H]3C[C@H](OC)[C@@H](O[C@H]4C[C@H](OC)[C@@H](O)[C@H](C)O4)[C@H](C)O3)[C@@H](C)/C=C/C=C3/CO[C@H]4[C@H](OC)C(C)=C[C@@H](C(=O)O1)[C@@]34O)O2. The third-order valence-corrected chi connectivity index (χ3v) is 14.7. The summed E-state index contributed by atoms with van der Waals surface area (Å²) in [5, 5.41) is 23.2. The predicted octanol–water partition coefficient (Wildman–Crippen LogP) is 6.03. The Morgan fingerprint density at radius 1 is 0.857 bits per heavy atom. The van der Waals surface area contributed by atoms with Gasteiger partial charge >= 0.3 is 5.97 Å². The number of esters is 1. The van der Waals surface area contributed by atoms with E-state index in [0.717, 1.165) is 17.6 Å². The van der Waals surface area contributed by atoms with Crippen LogP contribution in [0, 0.1) is 23.7 Å². The average Bonchev–Trinajstić information content (AvgIpc) is 3.59. The summed E-state index contributed by atoms with van der Waals surface area (Å²) < 4.78 is 70.0. The molecule has 0 radical (unpaired) electrons. The van der Waals surface area contributed by atoms with Crippen molar-refractivity contribution in [3.05, 3.63) is 59.3 Å². The molecule has 14 heteroatoms. The Balaban J connectivity index is 1.19. The number of hydrogen-bond acceptors (Lipinski definition) is 14. The molecule has 4 saturated heterocycles. The van der Waals surface area contributed by atoms with Crippen LogP contribution in [0.5, 0.6) is 0 Å². The zero-order chi connectivity index (χ0) is 45.4. The van der Waals surface area contributed by atoms with E-state index in [4.69, 9.17) is 52.1 Å². The molecule has 0 aromatic carbocycles. The Kier molecular flexibility index (Phi) is 15.7. The summed E-state index contributed by atoms with van der Waals surface area (Å²) in [6, 6.07) is 0. The van der Waals surface area contributed by atoms with E-state index >= 15 is 0 Å². The van der Waals surface area contributed by atoms with Crippen LogP contribution in [0.15, 0.2) is 59.3 Å². The maximum absolute atomic E-state index is 14.5. The van der Waals surface area contributed by atoms with Crippen molar-refractivity contribution in [3.8, 4) is 0 Å². The molecule has 1 unspecified atom stereocenters. The highest BCUT2D eigenvalue weighted by Gasteiger charge is 2.60. The second-order valence-corrected chi connectivity index (χ2v) is 19.2. The lowest BCUT2D eigenvalue weighted by Gasteiger charge is -2.48. The van der Waals surface area contributed by atoms with Crippen LogP contribution in [0.3, 0.4) is 0 Å². The van der Waals surface area contributed by atoms with E-state index in [9.17, 15) is 15.0 Å². The first-order chi connectivity index (χ1) is 30.0. The monoisotopic (exact) mass is 887 g/mol. The van der Waals surface area contributed by atoms with Crippen molar-refractivity contribution >= 4 is 5.97 Å². The van der Waals surface area contributed by atoms with Gasteiger partial charge in [-0.2, -0.15) is 0 Å². The fraction of sp³-hybridized carbons (Fsp3) is 0.776. The summed E-state index contributed by atoms with van der Waals surface area (Å²) in [6.45, 7) is 16.4. The van der Waals surface area contributed by atoms with E-state index < -0.39 is 90.8 Å². The molecule has 2 N–H and O–H groups in total. The number of aliphatic hydroxyl groups excluding tert-OH is 1. The highest BCUT2D eigenvalue weighted by Crippen LogP contribution is 2.48. The number of aliphatic hydroxyl groups is 2. The number of fused-ring (bicyclic) bond motifs is 2. The third-order valence-electron chi connectivity index (χ3n) is 14.7. The number of hydrogen-bond donors (Lipinski definition) is 2. The lowest BCUT2D eigenvalue weighted by Crippen LogP contribution is -2.58. The number of carbonyl (C=O) groups is 1. The number of rotatable bonds is 9. The highest BCUT2D eigenvalue weighted by atomic mass is 16.7. The zero-order valence-electron chi connectivity index (χ0n) is 39.2. The topological polar surface area (TPSA) is 159 Å². The van der Waals surface area contributed by atoms with Gasteiger partial charge in [0.05, 0.1) is 49.3 Å². The van der Waals surface area contributed by atoms with Gasteiger partial charge < -0.3 is 62.3 Å². The Labute approximate surface area is 374 Å². The molecule has 7 aliphatic rings. The highest BCUT2D eigenvalue weighted by molar-refractivity contribution is 5.78. The molecule has 1 spiro atoms. The minimum Gasteiger partial charge on any atom is -0.462 e. The van der Waals surface area contributed by atoms with Crippen molar-refractivity contribution in [1.82, 2.24) is 0 Å². The normalized spacial score (nSPS) is 48.6. The molecule has 6 heterocycles. The first-order valence-corrected chi connectivity index (χ1v) is 23.2. The number of methoxy groups -OCH3 is 3. The van der Waals surface area contributed by atoms with Crippen LogP contribution in [0.1, 0.15) is 93.9 Å². The molecule has 6 aliphatic heterocycles. The molecule has 354 valence electrons. The van der Waals surface area contributed by atoms with Gasteiger partial charge in [0.25, 0.3) is 0 Å². The van der Waals surface area contributed by atoms with Crippen LogP contribution in [-0.2, 0) is 56.9 Å². The lowest BCUT2D eigenvalue weighted by atomic mass is 9.70. The van der Waals surface area contributed by atoms with Gasteiger partial charge in [-0.3, -0.25) is 4.79 Å². The molecule has 2 bridgehead atoms. The maximum Gasteiger partial charge on any atom is 0.316 e. The molecule has 63 heavy (non-hydrogen) atoms. The van der Waals surface area contributed by atoms with Crippen molar-refractivity contribution in [1.29, 1.82) is 0 Å². The summed E-state index contributed by atoms with van der Waals surface area (Å²) in [5.41, 5.74) is 0.626. The van der Waals surface area contributed by atoms with Crippen molar-refractivity contribution in [2.24, 2.45) is 23.7 Å². The van der Waals surface area contributed by atoms with Crippen LogP contribution in [0.4, 0.5) is 0 Å². The van der Waals surface area contributed by atoms with Crippen LogP contribution in [-0.4, -0.2) is 141 Å². The molecule has 0 saturated carbocycles. The molecule has 1 aliphatic carbocycles. The summed E-state index contributed by atoms with van der Waals surface area (Å²) in [5.74, 6) is -2.35. The van der Waals surface area contributed by atoms with Crippen LogP contribution in [0.2, 0.25) is 0 Å². The predicted molar refractivity (Wildman–Crippen MR) is 232 cm³/mol. The van der Waals surface area contributed by atoms with E-state index in [-0.39, 0.29) is 42.7 Å². The number of carbonyl (C=O) groups excluding carboxylic acids is 1. The van der Waals surface area contributed by atoms with Crippen molar-refractivity contribution in [2.45, 2.75) is 191 Å². The lowest BCUT2D eigenvalue weighted by molar-refractivity contribution is -0.318. The first-order valence-electron chi connectivity index (χ1n) is 23.2. The summed E-state index contributed by atoms with van der Waals surface area (Å²) in [7, 11) is 4.82. The molecular weight excluding hydrogens is 813 g/mol. The van der Waals surface area contributed by atoms with Crippen molar-refractivity contribution < 1.29 is 67.1 Å². The van der Waals surface area contributed by atoms with Gasteiger partial charge in [0.15, 0.2) is 18.4 Å². The van der Waals surface area contributed by atoms with Crippen LogP contribution < -0.4 is 0 Å². The average molecular weight is 887 g/mol. The number of ether oxygens (including phenoxy) is 11. The van der Waals surface area contributed by atoms with E-state index in [1.807, 2.05) is 38.2 Å². The Hall–Kier alpha value is -2.31. The molecule has 0 aromatic heterocycles. The third kappa shape index (κ3) is 10.0. The minimum absolute atomic E-state index is 0.0805. The second-order valence-electron chi connectivity index (χ2n) is 19.2. The summed E-state index contributed by atoms with van der Waals surface area (Å²) >= 11 is 0. The Morgan fingerprint density at radius 3 is 2.29 bits per heavy atom. The summed E-state index contributed by atoms with van der Waals surface area (Å²) in [4.78, 5) is 14.5. The largest absolute Gasteiger partial charge is 0.462 e. The standard InChI is InChI=1S/C49H74O14/c1-12-26(2)43-29(5)18-19-48(63-43)24-35-21-34(62-48)17-16-28(4)42(60-40-23-38(54-10)45(32(8)58-40)61-39-22-37(53-9)41(50)31(7)57-39)27(3)14-13-15-33-25-56-46-44(55-11)30(6)20-36(47(51)59-35)49(33,46)52/h13-16,18-20,26-27,29,31-32,34-46,50,52H,12,17,21-25H2,1-11H3/b14-13+,28-16-,33-15-/t26?,27-,29-,31-,32-,34+,35+,36-,37-,38-,39-,40-,41-,42-,43+,44+,45-,46-,48+,49-/m0/s1. The van der Waals surface area contributed by atoms with Gasteiger partial charge in [-0.15, -0.1) is 0 Å². The van der Waals surface area contributed by atoms with Gasteiger partial charge in [-0.1, -0.05) is 70.6 Å². The quantitative estimate of drug-likeness (QED) is 0.204. The van der Waals surface area contributed by atoms with Crippen molar-refractivity contribution in [2.75, 3.05) is 27.9 Å². The Bertz CT molecular complexity index is 1740. The van der Waals surface area contributed by atoms with Gasteiger partial charge in [0.2, 0.25) is 0 Å². The first kappa shape index (κ1) is 48.6.